The van der Waals surface area contributed by atoms with Gasteiger partial charge < -0.3 is 0 Å². The summed E-state index contributed by atoms with van der Waals surface area (Å²) in [6, 6.07) is 8.46. The lowest BCUT2D eigenvalue weighted by Crippen LogP contribution is -2.06. The van der Waals surface area contributed by atoms with Crippen LogP contribution in [-0.4, -0.2) is 11.5 Å². The third kappa shape index (κ3) is 3.61. The van der Waals surface area contributed by atoms with Crippen LogP contribution in [0.1, 0.15) is 10.4 Å². The monoisotopic (exact) mass is 282 g/mol. The van der Waals surface area contributed by atoms with E-state index in [0.717, 1.165) is 30.0 Å². The number of carbonyl (C=O) groups is 1. The molecule has 0 saturated heterocycles. The van der Waals surface area contributed by atoms with Gasteiger partial charge in [-0.05, 0) is 36.4 Å². The van der Waals surface area contributed by atoms with Crippen LogP contribution in [0.2, 0.25) is 0 Å². The van der Waals surface area contributed by atoms with E-state index >= 15 is 0 Å². The van der Waals surface area contributed by atoms with Gasteiger partial charge in [0.1, 0.15) is 17.5 Å². The largest absolute Gasteiger partial charge is 0.293 e. The highest BCUT2D eigenvalue weighted by Crippen LogP contribution is 2.21. The van der Waals surface area contributed by atoms with Gasteiger partial charge in [0.05, 0.1) is 11.3 Å². The van der Waals surface area contributed by atoms with Crippen LogP contribution in [0, 0.1) is 17.5 Å². The number of Topliss-reactive ketones (excluding diaryl/α,β-unsaturated/α-hetero) is 1. The number of halogens is 3. The summed E-state index contributed by atoms with van der Waals surface area (Å²) in [5.74, 6) is -2.45. The molecule has 0 radical (unpaired) electrons. The van der Waals surface area contributed by atoms with E-state index in [-0.39, 0.29) is 11.3 Å². The molecule has 0 spiro atoms. The van der Waals surface area contributed by atoms with Crippen LogP contribution in [-0.2, 0) is 0 Å². The first kappa shape index (κ1) is 13.7. The molecule has 0 aromatic heterocycles. The Balaban J connectivity index is 2.07. The Morgan fingerprint density at radius 2 is 1.74 bits per heavy atom. The van der Waals surface area contributed by atoms with E-state index in [4.69, 9.17) is 0 Å². The van der Waals surface area contributed by atoms with Crippen molar-refractivity contribution in [2.45, 2.75) is 4.90 Å². The average Bonchev–Trinajstić information content (AvgIpc) is 2.39. The zero-order chi connectivity index (χ0) is 13.8. The summed E-state index contributed by atoms with van der Waals surface area (Å²) in [5, 5.41) is 0. The van der Waals surface area contributed by atoms with Gasteiger partial charge >= 0.3 is 0 Å². The van der Waals surface area contributed by atoms with Crippen molar-refractivity contribution in [1.82, 2.24) is 0 Å². The predicted molar refractivity (Wildman–Crippen MR) is 67.8 cm³/mol. The van der Waals surface area contributed by atoms with E-state index in [1.165, 1.54) is 18.2 Å². The molecule has 0 amide bonds. The third-order valence-corrected chi connectivity index (χ3v) is 3.39. The molecule has 0 unspecified atom stereocenters. The number of carbonyl (C=O) groups excluding carboxylic acids is 1. The molecule has 2 aromatic rings. The minimum absolute atomic E-state index is 0.0795. The van der Waals surface area contributed by atoms with E-state index in [1.54, 1.807) is 6.07 Å². The fourth-order valence-corrected chi connectivity index (χ4v) is 2.32. The Labute approximate surface area is 112 Å². The van der Waals surface area contributed by atoms with Crippen LogP contribution < -0.4 is 0 Å². The van der Waals surface area contributed by atoms with Crippen LogP contribution in [0.15, 0.2) is 47.4 Å². The lowest BCUT2D eigenvalue weighted by Gasteiger charge is -2.03. The first-order valence-corrected chi connectivity index (χ1v) is 6.41. The molecule has 2 rings (SSSR count). The molecule has 0 saturated carbocycles. The van der Waals surface area contributed by atoms with Crippen LogP contribution in [0.5, 0.6) is 0 Å². The first-order chi connectivity index (χ1) is 9.06. The van der Waals surface area contributed by atoms with E-state index in [9.17, 15) is 18.0 Å². The Bertz CT molecular complexity index is 613. The molecular formula is C14H9F3OS. The molecule has 0 aliphatic rings. The van der Waals surface area contributed by atoms with Crippen LogP contribution in [0.25, 0.3) is 0 Å². The molecule has 0 aliphatic carbocycles. The van der Waals surface area contributed by atoms with E-state index in [2.05, 4.69) is 0 Å². The standard InChI is InChI=1S/C14H9F3OS/c15-9-2-1-3-11(6-9)19-8-14(18)12-7-10(16)4-5-13(12)17/h1-7H,8H2. The van der Waals surface area contributed by atoms with Gasteiger partial charge in [0.25, 0.3) is 0 Å². The second-order valence-corrected chi connectivity index (χ2v) is 4.84. The maximum absolute atomic E-state index is 13.4. The summed E-state index contributed by atoms with van der Waals surface area (Å²) in [4.78, 5) is 12.3. The number of rotatable bonds is 4. The summed E-state index contributed by atoms with van der Waals surface area (Å²) < 4.78 is 39.2. The number of hydrogen-bond acceptors (Lipinski definition) is 2. The normalized spacial score (nSPS) is 10.5. The molecule has 0 N–H and O–H groups in total. The van der Waals surface area contributed by atoms with Gasteiger partial charge in [-0.15, -0.1) is 11.8 Å². The van der Waals surface area contributed by atoms with Gasteiger partial charge in [-0.1, -0.05) is 6.07 Å². The molecule has 0 fully saturated rings. The first-order valence-electron chi connectivity index (χ1n) is 5.43. The topological polar surface area (TPSA) is 17.1 Å². The van der Waals surface area contributed by atoms with Gasteiger partial charge in [-0.2, -0.15) is 0 Å². The highest BCUT2D eigenvalue weighted by Gasteiger charge is 2.13. The maximum Gasteiger partial charge on any atom is 0.176 e. The summed E-state index contributed by atoms with van der Waals surface area (Å²) in [5.41, 5.74) is -0.288. The van der Waals surface area contributed by atoms with Crippen molar-refractivity contribution >= 4 is 17.5 Å². The van der Waals surface area contributed by atoms with Gasteiger partial charge in [-0.3, -0.25) is 4.79 Å². The highest BCUT2D eigenvalue weighted by molar-refractivity contribution is 8.00. The van der Waals surface area contributed by atoms with E-state index in [1.807, 2.05) is 0 Å². The van der Waals surface area contributed by atoms with Crippen molar-refractivity contribution in [2.75, 3.05) is 5.75 Å². The molecule has 5 heteroatoms. The molecular weight excluding hydrogens is 273 g/mol. The van der Waals surface area contributed by atoms with E-state index in [0.29, 0.717) is 4.90 Å². The minimum Gasteiger partial charge on any atom is -0.293 e. The molecule has 0 bridgehead atoms. The Morgan fingerprint density at radius 1 is 1.00 bits per heavy atom. The lowest BCUT2D eigenvalue weighted by atomic mass is 10.1. The van der Waals surface area contributed by atoms with Crippen molar-refractivity contribution in [2.24, 2.45) is 0 Å². The molecule has 19 heavy (non-hydrogen) atoms. The zero-order valence-corrected chi connectivity index (χ0v) is 10.5. The van der Waals surface area contributed by atoms with Crippen LogP contribution in [0.4, 0.5) is 13.2 Å². The average molecular weight is 282 g/mol. The van der Waals surface area contributed by atoms with Crippen LogP contribution in [0.3, 0.4) is 0 Å². The van der Waals surface area contributed by atoms with Crippen molar-refractivity contribution in [3.63, 3.8) is 0 Å². The maximum atomic E-state index is 13.4. The van der Waals surface area contributed by atoms with Crippen molar-refractivity contribution in [1.29, 1.82) is 0 Å². The summed E-state index contributed by atoms with van der Waals surface area (Å²) in [6.07, 6.45) is 0. The summed E-state index contributed by atoms with van der Waals surface area (Å²) in [7, 11) is 0. The smallest absolute Gasteiger partial charge is 0.176 e. The second-order valence-electron chi connectivity index (χ2n) is 3.79. The molecule has 1 nitrogen and oxygen atoms in total. The summed E-state index contributed by atoms with van der Waals surface area (Å²) >= 11 is 1.07. The van der Waals surface area contributed by atoms with Crippen molar-refractivity contribution < 1.29 is 18.0 Å². The SMILES string of the molecule is O=C(CSc1cccc(F)c1)c1cc(F)ccc1F. The minimum atomic E-state index is -0.758. The van der Waals surface area contributed by atoms with Crippen molar-refractivity contribution in [3.05, 3.63) is 65.5 Å². The highest BCUT2D eigenvalue weighted by atomic mass is 32.2. The fourth-order valence-electron chi connectivity index (χ4n) is 1.49. The predicted octanol–water partition coefficient (Wildman–Crippen LogP) is 4.08. The molecule has 0 aliphatic heterocycles. The Hall–Kier alpha value is -1.75. The molecule has 2 aromatic carbocycles. The Morgan fingerprint density at radius 3 is 2.47 bits per heavy atom. The Kier molecular flexibility index (Phi) is 4.27. The van der Waals surface area contributed by atoms with Gasteiger partial charge in [0, 0.05) is 4.90 Å². The summed E-state index contributed by atoms with van der Waals surface area (Å²) in [6.45, 7) is 0. The molecule has 0 atom stereocenters. The number of ketones is 1. The van der Waals surface area contributed by atoms with E-state index < -0.39 is 23.2 Å². The molecule has 0 heterocycles. The lowest BCUT2D eigenvalue weighted by molar-refractivity contribution is 0.101. The van der Waals surface area contributed by atoms with Gasteiger partial charge in [0.2, 0.25) is 0 Å². The van der Waals surface area contributed by atoms with Crippen LogP contribution >= 0.6 is 11.8 Å². The zero-order valence-electron chi connectivity index (χ0n) is 9.70. The third-order valence-electron chi connectivity index (χ3n) is 2.39. The van der Waals surface area contributed by atoms with Gasteiger partial charge in [0.15, 0.2) is 5.78 Å². The second kappa shape index (κ2) is 5.93. The number of benzene rings is 2. The fraction of sp³-hybridized carbons (Fsp3) is 0.0714. The quantitative estimate of drug-likeness (QED) is 0.621. The number of hydrogen-bond donors (Lipinski definition) is 0. The van der Waals surface area contributed by atoms with Gasteiger partial charge in [-0.25, -0.2) is 13.2 Å². The number of thioether (sulfide) groups is 1. The van der Waals surface area contributed by atoms with Crippen molar-refractivity contribution in [3.8, 4) is 0 Å². The molecule has 98 valence electrons.